The van der Waals surface area contributed by atoms with E-state index in [9.17, 15) is 0 Å². The standard InChI is InChI=1S/C58H37N3O/c1-3-13-39(14-4-1)53-37-54(61-57(60-53)40-15-5-2-6-16-40)46-20-12-19-43(34-46)41-17-11-18-42(33-41)45-26-28-50-48(36-45)47-35-44(38-29-31-59-32-30-38)25-27-49(47)58(50)51-21-7-9-23-55(51)62-56-24-10-8-22-52(56)58/h1-37H. The lowest BCUT2D eigenvalue weighted by molar-refractivity contribution is 0.436. The Hall–Kier alpha value is -8.21. The average molecular weight is 792 g/mol. The lowest BCUT2D eigenvalue weighted by atomic mass is 9.66. The fourth-order valence-corrected chi connectivity index (χ4v) is 9.62. The molecule has 0 amide bonds. The van der Waals surface area contributed by atoms with Gasteiger partial charge in [0, 0.05) is 40.2 Å². The smallest absolute Gasteiger partial charge is 0.160 e. The summed E-state index contributed by atoms with van der Waals surface area (Å²) in [5.41, 5.74) is 18.4. The molecule has 0 unspecified atom stereocenters. The fourth-order valence-electron chi connectivity index (χ4n) is 9.62. The first-order valence-corrected chi connectivity index (χ1v) is 21.0. The molecule has 0 bridgehead atoms. The summed E-state index contributed by atoms with van der Waals surface area (Å²) in [7, 11) is 0. The third-order valence-corrected chi connectivity index (χ3v) is 12.5. The van der Waals surface area contributed by atoms with E-state index in [-0.39, 0.29) is 0 Å². The molecule has 1 spiro atoms. The van der Waals surface area contributed by atoms with E-state index in [1.165, 1.54) is 22.3 Å². The van der Waals surface area contributed by atoms with Crippen molar-refractivity contribution in [2.75, 3.05) is 0 Å². The molecule has 8 aromatic carbocycles. The Bertz CT molecular complexity index is 3220. The third-order valence-electron chi connectivity index (χ3n) is 12.5. The summed E-state index contributed by atoms with van der Waals surface area (Å²) in [5.74, 6) is 2.48. The number of pyridine rings is 1. The molecular formula is C58H37N3O. The normalized spacial score (nSPS) is 12.8. The van der Waals surface area contributed by atoms with Crippen molar-refractivity contribution in [1.29, 1.82) is 0 Å². The molecule has 4 nitrogen and oxygen atoms in total. The van der Waals surface area contributed by atoms with E-state index in [1.807, 2.05) is 48.8 Å². The second kappa shape index (κ2) is 14.5. The quantitative estimate of drug-likeness (QED) is 0.168. The van der Waals surface area contributed by atoms with Crippen LogP contribution in [0.25, 0.3) is 78.4 Å². The number of benzene rings is 8. The van der Waals surface area contributed by atoms with Gasteiger partial charge in [0.1, 0.15) is 11.5 Å². The van der Waals surface area contributed by atoms with Crippen LogP contribution in [-0.2, 0) is 5.41 Å². The van der Waals surface area contributed by atoms with Crippen LogP contribution in [0.1, 0.15) is 22.3 Å². The van der Waals surface area contributed by atoms with Gasteiger partial charge in [-0.3, -0.25) is 4.98 Å². The molecular weight excluding hydrogens is 755 g/mol. The van der Waals surface area contributed by atoms with Crippen LogP contribution in [0.4, 0.5) is 0 Å². The first-order chi connectivity index (χ1) is 30.7. The lowest BCUT2D eigenvalue weighted by Crippen LogP contribution is -2.32. The Morgan fingerprint density at radius 3 is 1.35 bits per heavy atom. The average Bonchev–Trinajstić information content (AvgIpc) is 3.64. The van der Waals surface area contributed by atoms with Gasteiger partial charge in [-0.15, -0.1) is 0 Å². The van der Waals surface area contributed by atoms with Gasteiger partial charge in [0.25, 0.3) is 0 Å². The Labute approximate surface area is 360 Å². The highest BCUT2D eigenvalue weighted by Crippen LogP contribution is 2.62. The molecule has 62 heavy (non-hydrogen) atoms. The van der Waals surface area contributed by atoms with E-state index in [1.54, 1.807) is 0 Å². The minimum absolute atomic E-state index is 0.546. The summed E-state index contributed by atoms with van der Waals surface area (Å²) in [6.07, 6.45) is 3.72. The summed E-state index contributed by atoms with van der Waals surface area (Å²) in [5, 5.41) is 0. The number of aromatic nitrogens is 3. The van der Waals surface area contributed by atoms with Crippen molar-refractivity contribution >= 4 is 0 Å². The number of hydrogen-bond acceptors (Lipinski definition) is 4. The van der Waals surface area contributed by atoms with E-state index < -0.39 is 5.41 Å². The van der Waals surface area contributed by atoms with Crippen LogP contribution < -0.4 is 4.74 Å². The van der Waals surface area contributed by atoms with Gasteiger partial charge in [0.05, 0.1) is 16.8 Å². The maximum atomic E-state index is 6.61. The molecule has 0 atom stereocenters. The number of ether oxygens (including phenoxy) is 1. The van der Waals surface area contributed by atoms with E-state index in [4.69, 9.17) is 14.7 Å². The summed E-state index contributed by atoms with van der Waals surface area (Å²) in [6, 6.07) is 75.4. The van der Waals surface area contributed by atoms with Gasteiger partial charge in [-0.05, 0) is 110 Å². The van der Waals surface area contributed by atoms with Gasteiger partial charge in [-0.2, -0.15) is 0 Å². The molecule has 0 fully saturated rings. The zero-order valence-corrected chi connectivity index (χ0v) is 33.6. The molecule has 10 aromatic rings. The van der Waals surface area contributed by atoms with E-state index >= 15 is 0 Å². The van der Waals surface area contributed by atoms with Crippen molar-refractivity contribution in [3.05, 3.63) is 247 Å². The molecule has 4 heteroatoms. The van der Waals surface area contributed by atoms with Crippen molar-refractivity contribution in [2.24, 2.45) is 0 Å². The van der Waals surface area contributed by atoms with Gasteiger partial charge in [0.2, 0.25) is 0 Å². The summed E-state index contributed by atoms with van der Waals surface area (Å²) >= 11 is 0. The molecule has 0 saturated heterocycles. The number of hydrogen-bond donors (Lipinski definition) is 0. The van der Waals surface area contributed by atoms with Crippen LogP contribution >= 0.6 is 0 Å². The van der Waals surface area contributed by atoms with Gasteiger partial charge < -0.3 is 4.74 Å². The molecule has 2 aliphatic rings. The SMILES string of the molecule is c1ccc(-c2cc(-c3cccc(-c4cccc(-c5ccc6c(c5)-c5cc(-c7ccncc7)ccc5C65c6ccccc6Oc6ccccc65)c4)c3)nc(-c3ccccc3)n2)cc1. The first-order valence-electron chi connectivity index (χ1n) is 21.0. The van der Waals surface area contributed by atoms with Crippen LogP contribution in [0, 0.1) is 0 Å². The highest BCUT2D eigenvalue weighted by molar-refractivity contribution is 5.93. The zero-order chi connectivity index (χ0) is 41.0. The molecule has 0 saturated carbocycles. The minimum Gasteiger partial charge on any atom is -0.457 e. The molecule has 1 aliphatic heterocycles. The minimum atomic E-state index is -0.546. The summed E-state index contributed by atoms with van der Waals surface area (Å²) in [6.45, 7) is 0. The Kier molecular flexibility index (Phi) is 8.36. The van der Waals surface area contributed by atoms with Crippen molar-refractivity contribution in [1.82, 2.24) is 15.0 Å². The van der Waals surface area contributed by atoms with E-state index in [0.29, 0.717) is 5.82 Å². The molecule has 0 N–H and O–H groups in total. The lowest BCUT2D eigenvalue weighted by Gasteiger charge is -2.39. The fraction of sp³-hybridized carbons (Fsp3) is 0.0172. The molecule has 0 radical (unpaired) electrons. The topological polar surface area (TPSA) is 47.9 Å². The van der Waals surface area contributed by atoms with Crippen LogP contribution in [0.2, 0.25) is 0 Å². The number of para-hydroxylation sites is 2. The molecule has 1 aliphatic carbocycles. The van der Waals surface area contributed by atoms with Crippen LogP contribution in [0.3, 0.4) is 0 Å². The second-order valence-electron chi connectivity index (χ2n) is 16.0. The maximum Gasteiger partial charge on any atom is 0.160 e. The molecule has 12 rings (SSSR count). The first kappa shape index (κ1) is 35.7. The summed E-state index contributed by atoms with van der Waals surface area (Å²) in [4.78, 5) is 14.4. The highest BCUT2D eigenvalue weighted by Gasteiger charge is 2.51. The van der Waals surface area contributed by atoms with Gasteiger partial charge >= 0.3 is 0 Å². The van der Waals surface area contributed by atoms with Gasteiger partial charge in [-0.25, -0.2) is 9.97 Å². The summed E-state index contributed by atoms with van der Waals surface area (Å²) < 4.78 is 6.61. The van der Waals surface area contributed by atoms with E-state index in [2.05, 4.69) is 181 Å². The number of rotatable bonds is 6. The predicted octanol–water partition coefficient (Wildman–Crippen LogP) is 14.3. The predicted molar refractivity (Wildman–Crippen MR) is 250 cm³/mol. The van der Waals surface area contributed by atoms with Crippen molar-refractivity contribution in [3.63, 3.8) is 0 Å². The van der Waals surface area contributed by atoms with Crippen molar-refractivity contribution < 1.29 is 4.74 Å². The number of nitrogens with zero attached hydrogens (tertiary/aromatic N) is 3. The van der Waals surface area contributed by atoms with Gasteiger partial charge in [0.15, 0.2) is 5.82 Å². The third kappa shape index (κ3) is 5.80. The van der Waals surface area contributed by atoms with Gasteiger partial charge in [-0.1, -0.05) is 158 Å². The maximum absolute atomic E-state index is 6.61. The zero-order valence-electron chi connectivity index (χ0n) is 33.6. The Morgan fingerprint density at radius 1 is 0.306 bits per heavy atom. The number of fused-ring (bicyclic) bond motifs is 9. The van der Waals surface area contributed by atoms with Crippen molar-refractivity contribution in [3.8, 4) is 89.9 Å². The largest absolute Gasteiger partial charge is 0.457 e. The second-order valence-corrected chi connectivity index (χ2v) is 16.0. The Morgan fingerprint density at radius 2 is 0.758 bits per heavy atom. The van der Waals surface area contributed by atoms with Crippen molar-refractivity contribution in [2.45, 2.75) is 5.41 Å². The molecule has 290 valence electrons. The molecule has 2 aromatic heterocycles. The van der Waals surface area contributed by atoms with Crippen LogP contribution in [-0.4, -0.2) is 15.0 Å². The highest BCUT2D eigenvalue weighted by atomic mass is 16.5. The van der Waals surface area contributed by atoms with E-state index in [0.717, 1.165) is 84.1 Å². The van der Waals surface area contributed by atoms with Crippen LogP contribution in [0.5, 0.6) is 11.5 Å². The molecule has 3 heterocycles. The Balaban J connectivity index is 0.986. The van der Waals surface area contributed by atoms with Crippen LogP contribution in [0.15, 0.2) is 225 Å². The monoisotopic (exact) mass is 791 g/mol.